The van der Waals surface area contributed by atoms with E-state index >= 15 is 0 Å². The molecule has 1 heterocycles. The molecular weight excluding hydrogens is 210 g/mol. The van der Waals surface area contributed by atoms with E-state index in [-0.39, 0.29) is 19.0 Å². The first kappa shape index (κ1) is 10.8. The van der Waals surface area contributed by atoms with E-state index in [1.807, 2.05) is 0 Å². The van der Waals surface area contributed by atoms with E-state index in [2.05, 4.69) is 4.98 Å². The van der Waals surface area contributed by atoms with Crippen molar-refractivity contribution in [2.45, 2.75) is 6.42 Å². The number of hydrogen-bond acceptors (Lipinski definition) is 5. The molecule has 0 saturated heterocycles. The minimum Gasteiger partial charge on any atom is -0.395 e. The molecule has 1 saturated carbocycles. The number of anilines is 1. The molecule has 4 N–H and O–H groups in total. The summed E-state index contributed by atoms with van der Waals surface area (Å²) in [5.74, 6) is 0.172. The van der Waals surface area contributed by atoms with E-state index in [1.165, 1.54) is 16.8 Å². The summed E-state index contributed by atoms with van der Waals surface area (Å²) in [6, 6.07) is 1.51. The van der Waals surface area contributed by atoms with Crippen molar-refractivity contribution in [3.05, 3.63) is 28.3 Å². The Kier molecular flexibility index (Phi) is 2.53. The summed E-state index contributed by atoms with van der Waals surface area (Å²) in [6.45, 7) is -0.237. The maximum absolute atomic E-state index is 11.4. The zero-order valence-electron chi connectivity index (χ0n) is 8.63. The van der Waals surface area contributed by atoms with Crippen molar-refractivity contribution >= 4 is 12.0 Å². The summed E-state index contributed by atoms with van der Waals surface area (Å²) in [5, 5.41) is 18.2. The molecule has 6 heteroatoms. The molecule has 6 nitrogen and oxygen atoms in total. The summed E-state index contributed by atoms with van der Waals surface area (Å²) in [5.41, 5.74) is 5.17. The molecule has 1 aliphatic carbocycles. The lowest BCUT2D eigenvalue weighted by atomic mass is 10.1. The minimum atomic E-state index is -0.555. The maximum atomic E-state index is 11.4. The van der Waals surface area contributed by atoms with Crippen LogP contribution in [0, 0.1) is 5.41 Å². The highest BCUT2D eigenvalue weighted by molar-refractivity contribution is 5.47. The number of aliphatic hydroxyl groups excluding tert-OH is 2. The molecule has 0 aromatic carbocycles. The molecule has 16 heavy (non-hydrogen) atoms. The molecule has 0 unspecified atom stereocenters. The van der Waals surface area contributed by atoms with Crippen molar-refractivity contribution in [1.82, 2.24) is 9.55 Å². The van der Waals surface area contributed by atoms with Crippen molar-refractivity contribution in [3.8, 4) is 0 Å². The second kappa shape index (κ2) is 3.73. The summed E-state index contributed by atoms with van der Waals surface area (Å²) in [6.07, 6.45) is 3.69. The van der Waals surface area contributed by atoms with E-state index in [9.17, 15) is 4.79 Å². The molecule has 2 rings (SSSR count). The van der Waals surface area contributed by atoms with E-state index in [1.54, 1.807) is 6.20 Å². The SMILES string of the molecule is Nc1ccn(/C=C2\CC2(CO)CO)c(=O)n1. The van der Waals surface area contributed by atoms with Gasteiger partial charge in [0.05, 0.1) is 13.2 Å². The molecule has 1 aromatic rings. The summed E-state index contributed by atoms with van der Waals surface area (Å²) in [4.78, 5) is 15.0. The molecule has 0 radical (unpaired) electrons. The largest absolute Gasteiger partial charge is 0.395 e. The number of aromatic nitrogens is 2. The van der Waals surface area contributed by atoms with Gasteiger partial charge < -0.3 is 15.9 Å². The van der Waals surface area contributed by atoms with Gasteiger partial charge in [0.15, 0.2) is 0 Å². The van der Waals surface area contributed by atoms with Gasteiger partial charge in [0.1, 0.15) is 5.82 Å². The number of hydrogen-bond donors (Lipinski definition) is 3. The van der Waals surface area contributed by atoms with Crippen LogP contribution < -0.4 is 11.4 Å². The third-order valence-corrected chi connectivity index (χ3v) is 2.84. The van der Waals surface area contributed by atoms with Crippen molar-refractivity contribution in [2.24, 2.45) is 5.41 Å². The number of aliphatic hydroxyl groups is 2. The Hall–Kier alpha value is -1.66. The van der Waals surface area contributed by atoms with Gasteiger partial charge in [-0.15, -0.1) is 0 Å². The predicted molar refractivity (Wildman–Crippen MR) is 58.4 cm³/mol. The number of nitrogens with two attached hydrogens (primary N) is 1. The number of nitrogen functional groups attached to an aromatic ring is 1. The van der Waals surface area contributed by atoms with Crippen molar-refractivity contribution in [1.29, 1.82) is 0 Å². The Morgan fingerprint density at radius 2 is 2.25 bits per heavy atom. The van der Waals surface area contributed by atoms with Gasteiger partial charge in [-0.1, -0.05) is 0 Å². The first-order valence-corrected chi connectivity index (χ1v) is 4.89. The van der Waals surface area contributed by atoms with E-state index < -0.39 is 11.1 Å². The normalized spacial score (nSPS) is 20.0. The molecular formula is C10H13N3O3. The van der Waals surface area contributed by atoms with Crippen LogP contribution in [0.5, 0.6) is 0 Å². The maximum Gasteiger partial charge on any atom is 0.353 e. The van der Waals surface area contributed by atoms with Crippen LogP contribution in [0.25, 0.3) is 6.20 Å². The molecule has 86 valence electrons. The fraction of sp³-hybridized carbons (Fsp3) is 0.400. The topological polar surface area (TPSA) is 101 Å². The second-order valence-corrected chi connectivity index (χ2v) is 3.97. The standard InChI is InChI=1S/C10H13N3O3/c11-8-1-2-13(9(16)12-8)4-7-3-10(7,5-14)6-15/h1-2,4,14-15H,3,5-6H2,(H2,11,12,16)/b7-4+. The van der Waals surface area contributed by atoms with E-state index in [0.717, 1.165) is 5.57 Å². The average Bonchev–Trinajstić information content (AvgIpc) is 2.97. The van der Waals surface area contributed by atoms with Gasteiger partial charge in [-0.3, -0.25) is 4.57 Å². The fourth-order valence-corrected chi connectivity index (χ4v) is 1.56. The molecule has 0 atom stereocenters. The van der Waals surface area contributed by atoms with Gasteiger partial charge in [-0.25, -0.2) is 4.79 Å². The van der Waals surface area contributed by atoms with Gasteiger partial charge in [0, 0.05) is 17.8 Å². The Bertz CT molecular complexity index is 488. The highest BCUT2D eigenvalue weighted by atomic mass is 16.3. The highest BCUT2D eigenvalue weighted by Gasteiger charge is 2.48. The summed E-state index contributed by atoms with van der Waals surface area (Å²) < 4.78 is 1.29. The van der Waals surface area contributed by atoms with E-state index in [4.69, 9.17) is 15.9 Å². The summed E-state index contributed by atoms with van der Waals surface area (Å²) in [7, 11) is 0. The Balaban J connectivity index is 2.29. The van der Waals surface area contributed by atoms with Crippen LogP contribution in [0.15, 0.2) is 22.6 Å². The Morgan fingerprint density at radius 1 is 1.56 bits per heavy atom. The third-order valence-electron chi connectivity index (χ3n) is 2.84. The van der Waals surface area contributed by atoms with Crippen molar-refractivity contribution in [2.75, 3.05) is 18.9 Å². The first-order valence-electron chi connectivity index (χ1n) is 4.89. The third kappa shape index (κ3) is 1.72. The minimum absolute atomic E-state index is 0.119. The number of rotatable bonds is 3. The van der Waals surface area contributed by atoms with Crippen LogP contribution in [0.4, 0.5) is 5.82 Å². The van der Waals surface area contributed by atoms with E-state index in [0.29, 0.717) is 6.42 Å². The molecule has 0 bridgehead atoms. The molecule has 0 aliphatic heterocycles. The first-order chi connectivity index (χ1) is 7.61. The number of nitrogens with zero attached hydrogens (tertiary/aromatic N) is 2. The van der Waals surface area contributed by atoms with Crippen molar-refractivity contribution < 1.29 is 10.2 Å². The molecule has 1 aromatic heterocycles. The van der Waals surface area contributed by atoms with Crippen LogP contribution in [-0.4, -0.2) is 33.0 Å². The van der Waals surface area contributed by atoms with Gasteiger partial charge in [-0.2, -0.15) is 4.98 Å². The zero-order chi connectivity index (χ0) is 11.8. The average molecular weight is 223 g/mol. The Morgan fingerprint density at radius 3 is 2.75 bits per heavy atom. The molecule has 0 spiro atoms. The quantitative estimate of drug-likeness (QED) is 0.612. The van der Waals surface area contributed by atoms with Crippen LogP contribution in [0.1, 0.15) is 6.42 Å². The van der Waals surface area contributed by atoms with Crippen LogP contribution in [0.2, 0.25) is 0 Å². The smallest absolute Gasteiger partial charge is 0.353 e. The van der Waals surface area contributed by atoms with Crippen LogP contribution in [-0.2, 0) is 0 Å². The molecule has 0 amide bonds. The lowest BCUT2D eigenvalue weighted by Crippen LogP contribution is -2.19. The summed E-state index contributed by atoms with van der Waals surface area (Å²) >= 11 is 0. The monoisotopic (exact) mass is 223 g/mol. The van der Waals surface area contributed by atoms with Gasteiger partial charge in [0.2, 0.25) is 0 Å². The van der Waals surface area contributed by atoms with Gasteiger partial charge in [0.25, 0.3) is 0 Å². The van der Waals surface area contributed by atoms with Crippen molar-refractivity contribution in [3.63, 3.8) is 0 Å². The molecule has 1 fully saturated rings. The Labute approximate surface area is 91.7 Å². The highest BCUT2D eigenvalue weighted by Crippen LogP contribution is 2.51. The predicted octanol–water partition coefficient (Wildman–Crippen LogP) is -0.959. The lowest BCUT2D eigenvalue weighted by Gasteiger charge is -2.05. The van der Waals surface area contributed by atoms with Gasteiger partial charge >= 0.3 is 5.69 Å². The van der Waals surface area contributed by atoms with Gasteiger partial charge in [-0.05, 0) is 18.1 Å². The fourth-order valence-electron chi connectivity index (χ4n) is 1.56. The second-order valence-electron chi connectivity index (χ2n) is 3.97. The van der Waals surface area contributed by atoms with Crippen LogP contribution in [0.3, 0.4) is 0 Å². The lowest BCUT2D eigenvalue weighted by molar-refractivity contribution is 0.143. The molecule has 1 aliphatic rings. The van der Waals surface area contributed by atoms with Crippen LogP contribution >= 0.6 is 0 Å². The zero-order valence-corrected chi connectivity index (χ0v) is 8.63.